The summed E-state index contributed by atoms with van der Waals surface area (Å²) in [5, 5.41) is 0. The van der Waals surface area contributed by atoms with Gasteiger partial charge in [0.25, 0.3) is 0 Å². The topological polar surface area (TPSA) is 46.3 Å². The van der Waals surface area contributed by atoms with E-state index in [1.807, 2.05) is 24.3 Å². The molecule has 1 aromatic rings. The first kappa shape index (κ1) is 10.2. The fraction of sp³-hybridized carbons (Fsp3) is 0.417. The highest BCUT2D eigenvalue weighted by molar-refractivity contribution is 5.94. The second kappa shape index (κ2) is 4.03. The van der Waals surface area contributed by atoms with Crippen molar-refractivity contribution in [2.75, 3.05) is 18.0 Å². The summed E-state index contributed by atoms with van der Waals surface area (Å²) in [4.78, 5) is 13.4. The molecule has 1 atom stereocenters. The van der Waals surface area contributed by atoms with Crippen molar-refractivity contribution in [2.24, 2.45) is 5.73 Å². The third kappa shape index (κ3) is 2.18. The van der Waals surface area contributed by atoms with Gasteiger partial charge in [0.15, 0.2) is 5.78 Å². The molecule has 0 saturated carbocycles. The number of rotatable bonds is 2. The zero-order valence-electron chi connectivity index (χ0n) is 8.94. The summed E-state index contributed by atoms with van der Waals surface area (Å²) >= 11 is 0. The monoisotopic (exact) mass is 204 g/mol. The average molecular weight is 204 g/mol. The molecule has 1 saturated heterocycles. The largest absolute Gasteiger partial charge is 0.370 e. The van der Waals surface area contributed by atoms with E-state index < -0.39 is 0 Å². The van der Waals surface area contributed by atoms with Crippen molar-refractivity contribution in [1.82, 2.24) is 0 Å². The summed E-state index contributed by atoms with van der Waals surface area (Å²) in [6.07, 6.45) is 1.05. The van der Waals surface area contributed by atoms with Crippen LogP contribution in [0.5, 0.6) is 0 Å². The van der Waals surface area contributed by atoms with Crippen LogP contribution in [0.3, 0.4) is 0 Å². The number of Topliss-reactive ketones (excluding diaryl/α,β-unsaturated/α-hetero) is 1. The second-order valence-corrected chi connectivity index (χ2v) is 4.10. The van der Waals surface area contributed by atoms with E-state index in [1.165, 1.54) is 0 Å². The van der Waals surface area contributed by atoms with Crippen molar-refractivity contribution in [3.8, 4) is 0 Å². The smallest absolute Gasteiger partial charge is 0.159 e. The molecule has 1 aromatic carbocycles. The lowest BCUT2D eigenvalue weighted by Gasteiger charge is -2.17. The summed E-state index contributed by atoms with van der Waals surface area (Å²) in [6.45, 7) is 3.51. The van der Waals surface area contributed by atoms with E-state index in [0.29, 0.717) is 0 Å². The van der Waals surface area contributed by atoms with Gasteiger partial charge in [0.1, 0.15) is 0 Å². The zero-order valence-corrected chi connectivity index (χ0v) is 8.94. The van der Waals surface area contributed by atoms with E-state index in [4.69, 9.17) is 5.73 Å². The molecule has 3 nitrogen and oxygen atoms in total. The van der Waals surface area contributed by atoms with Crippen LogP contribution in [0.4, 0.5) is 5.69 Å². The number of benzene rings is 1. The number of carbonyl (C=O) groups excluding carboxylic acids is 1. The van der Waals surface area contributed by atoms with Crippen molar-refractivity contribution >= 4 is 11.5 Å². The van der Waals surface area contributed by atoms with E-state index in [9.17, 15) is 4.79 Å². The maximum absolute atomic E-state index is 11.1. The van der Waals surface area contributed by atoms with Gasteiger partial charge in [-0.25, -0.2) is 0 Å². The van der Waals surface area contributed by atoms with Gasteiger partial charge in [-0.1, -0.05) is 0 Å². The molecule has 15 heavy (non-hydrogen) atoms. The van der Waals surface area contributed by atoms with E-state index in [-0.39, 0.29) is 11.8 Å². The Kier molecular flexibility index (Phi) is 2.73. The molecule has 80 valence electrons. The van der Waals surface area contributed by atoms with Gasteiger partial charge in [0.2, 0.25) is 0 Å². The quantitative estimate of drug-likeness (QED) is 0.741. The molecule has 0 aromatic heterocycles. The number of hydrogen-bond acceptors (Lipinski definition) is 3. The van der Waals surface area contributed by atoms with Crippen LogP contribution in [-0.2, 0) is 0 Å². The molecule has 1 aliphatic heterocycles. The minimum absolute atomic E-state index is 0.111. The molecule has 0 radical (unpaired) electrons. The first-order valence-electron chi connectivity index (χ1n) is 5.28. The van der Waals surface area contributed by atoms with Crippen molar-refractivity contribution in [2.45, 2.75) is 19.4 Å². The molecule has 1 aliphatic rings. The van der Waals surface area contributed by atoms with Crippen molar-refractivity contribution in [3.05, 3.63) is 29.8 Å². The van der Waals surface area contributed by atoms with Gasteiger partial charge < -0.3 is 10.6 Å². The molecule has 0 unspecified atom stereocenters. The Balaban J connectivity index is 2.13. The minimum atomic E-state index is 0.111. The van der Waals surface area contributed by atoms with Gasteiger partial charge in [-0.05, 0) is 37.6 Å². The van der Waals surface area contributed by atoms with Crippen LogP contribution in [0.25, 0.3) is 0 Å². The van der Waals surface area contributed by atoms with Gasteiger partial charge >= 0.3 is 0 Å². The standard InChI is InChI=1S/C12H16N2O/c1-9(15)10-2-4-12(5-3-10)14-7-6-11(13)8-14/h2-5,11H,6-8,13H2,1H3/t11-/m1/s1. The third-order valence-electron chi connectivity index (χ3n) is 2.86. The molecule has 2 rings (SSSR count). The highest BCUT2D eigenvalue weighted by Crippen LogP contribution is 2.20. The molecular weight excluding hydrogens is 188 g/mol. The zero-order chi connectivity index (χ0) is 10.8. The molecule has 3 heteroatoms. The second-order valence-electron chi connectivity index (χ2n) is 4.10. The Morgan fingerprint density at radius 1 is 1.40 bits per heavy atom. The lowest BCUT2D eigenvalue weighted by molar-refractivity contribution is 0.101. The van der Waals surface area contributed by atoms with Crippen LogP contribution in [0.2, 0.25) is 0 Å². The van der Waals surface area contributed by atoms with Gasteiger partial charge in [-0.2, -0.15) is 0 Å². The predicted molar refractivity (Wildman–Crippen MR) is 61.3 cm³/mol. The number of nitrogens with two attached hydrogens (primary N) is 1. The number of anilines is 1. The Bertz CT molecular complexity index is 358. The Hall–Kier alpha value is -1.35. The van der Waals surface area contributed by atoms with Crippen LogP contribution in [0.15, 0.2) is 24.3 Å². The van der Waals surface area contributed by atoms with Crippen LogP contribution in [0.1, 0.15) is 23.7 Å². The number of hydrogen-bond donors (Lipinski definition) is 1. The maximum Gasteiger partial charge on any atom is 0.159 e. The van der Waals surface area contributed by atoms with Gasteiger partial charge in [-0.15, -0.1) is 0 Å². The maximum atomic E-state index is 11.1. The molecule has 0 spiro atoms. The summed E-state index contributed by atoms with van der Waals surface area (Å²) in [5.74, 6) is 0.111. The van der Waals surface area contributed by atoms with Crippen molar-refractivity contribution in [1.29, 1.82) is 0 Å². The summed E-state index contributed by atoms with van der Waals surface area (Å²) < 4.78 is 0. The van der Waals surface area contributed by atoms with E-state index in [2.05, 4.69) is 4.90 Å². The van der Waals surface area contributed by atoms with Crippen LogP contribution in [0, 0.1) is 0 Å². The molecule has 0 aliphatic carbocycles. The average Bonchev–Trinajstić information content (AvgIpc) is 2.65. The highest BCUT2D eigenvalue weighted by atomic mass is 16.1. The Morgan fingerprint density at radius 3 is 2.53 bits per heavy atom. The fourth-order valence-corrected chi connectivity index (χ4v) is 1.93. The van der Waals surface area contributed by atoms with E-state index in [1.54, 1.807) is 6.92 Å². The molecule has 1 fully saturated rings. The molecular formula is C12H16N2O. The number of ketones is 1. The SMILES string of the molecule is CC(=O)c1ccc(N2CC[C@@H](N)C2)cc1. The van der Waals surface area contributed by atoms with Crippen LogP contribution < -0.4 is 10.6 Å². The van der Waals surface area contributed by atoms with Crippen LogP contribution in [-0.4, -0.2) is 24.9 Å². The van der Waals surface area contributed by atoms with Crippen molar-refractivity contribution < 1.29 is 4.79 Å². The minimum Gasteiger partial charge on any atom is -0.370 e. The first-order chi connectivity index (χ1) is 7.16. The molecule has 1 heterocycles. The van der Waals surface area contributed by atoms with Gasteiger partial charge in [0, 0.05) is 30.4 Å². The highest BCUT2D eigenvalue weighted by Gasteiger charge is 2.18. The summed E-state index contributed by atoms with van der Waals surface area (Å²) in [6, 6.07) is 8.03. The summed E-state index contributed by atoms with van der Waals surface area (Å²) in [5.41, 5.74) is 7.77. The van der Waals surface area contributed by atoms with Crippen molar-refractivity contribution in [3.63, 3.8) is 0 Å². The fourth-order valence-electron chi connectivity index (χ4n) is 1.93. The molecule has 0 bridgehead atoms. The van der Waals surface area contributed by atoms with Gasteiger partial charge in [-0.3, -0.25) is 4.79 Å². The molecule has 2 N–H and O–H groups in total. The Labute approximate surface area is 89.9 Å². The van der Waals surface area contributed by atoms with Crippen LogP contribution >= 0.6 is 0 Å². The van der Waals surface area contributed by atoms with E-state index >= 15 is 0 Å². The van der Waals surface area contributed by atoms with E-state index in [0.717, 1.165) is 30.8 Å². The van der Waals surface area contributed by atoms with Gasteiger partial charge in [0.05, 0.1) is 0 Å². The number of nitrogens with zero attached hydrogens (tertiary/aromatic N) is 1. The third-order valence-corrected chi connectivity index (χ3v) is 2.86. The number of carbonyl (C=O) groups is 1. The summed E-state index contributed by atoms with van der Waals surface area (Å²) in [7, 11) is 0. The lowest BCUT2D eigenvalue weighted by Crippen LogP contribution is -2.26. The Morgan fingerprint density at radius 2 is 2.07 bits per heavy atom. The molecule has 0 amide bonds. The predicted octanol–water partition coefficient (Wildman–Crippen LogP) is 1.43. The first-order valence-corrected chi connectivity index (χ1v) is 5.28. The normalized spacial score (nSPS) is 20.7. The lowest BCUT2D eigenvalue weighted by atomic mass is 10.1.